The van der Waals surface area contributed by atoms with Crippen LogP contribution in [0.15, 0.2) is 12.3 Å². The standard InChI is InChI=1S/C13H17N3O3/c1-8-4-6-15-13(11(8)12(14)19)16(9-2-3-9)7-5-10(17)18/h4,6,9H,2-3,5,7H2,1H3,(H2,14,19)(H,17,18). The average molecular weight is 263 g/mol. The molecule has 1 saturated carbocycles. The first-order chi connectivity index (χ1) is 9.00. The third kappa shape index (κ3) is 3.01. The number of pyridine rings is 1. The number of carbonyl (C=O) groups is 2. The number of nitrogens with zero attached hydrogens (tertiary/aromatic N) is 2. The van der Waals surface area contributed by atoms with Crippen LogP contribution in [0.25, 0.3) is 0 Å². The summed E-state index contributed by atoms with van der Waals surface area (Å²) in [6, 6.07) is 2.00. The van der Waals surface area contributed by atoms with Gasteiger partial charge in [0.2, 0.25) is 0 Å². The Labute approximate surface area is 111 Å². The molecule has 0 aliphatic heterocycles. The summed E-state index contributed by atoms with van der Waals surface area (Å²) >= 11 is 0. The number of aromatic nitrogens is 1. The summed E-state index contributed by atoms with van der Waals surface area (Å²) in [4.78, 5) is 28.4. The van der Waals surface area contributed by atoms with Gasteiger partial charge < -0.3 is 15.7 Å². The number of aliphatic carboxylic acids is 1. The highest BCUT2D eigenvalue weighted by Crippen LogP contribution is 2.33. The van der Waals surface area contributed by atoms with Crippen LogP contribution in [0.4, 0.5) is 5.82 Å². The number of carboxylic acid groups (broad SMARTS) is 1. The van der Waals surface area contributed by atoms with E-state index in [9.17, 15) is 9.59 Å². The van der Waals surface area contributed by atoms with Gasteiger partial charge in [0, 0.05) is 18.8 Å². The van der Waals surface area contributed by atoms with Gasteiger partial charge in [-0.3, -0.25) is 9.59 Å². The van der Waals surface area contributed by atoms with Gasteiger partial charge in [-0.25, -0.2) is 4.98 Å². The van der Waals surface area contributed by atoms with Crippen molar-refractivity contribution in [2.75, 3.05) is 11.4 Å². The van der Waals surface area contributed by atoms with Crippen LogP contribution in [0.2, 0.25) is 0 Å². The third-order valence-electron chi connectivity index (χ3n) is 3.21. The minimum Gasteiger partial charge on any atom is -0.481 e. The molecular formula is C13H17N3O3. The van der Waals surface area contributed by atoms with Crippen molar-refractivity contribution in [2.45, 2.75) is 32.2 Å². The minimum absolute atomic E-state index is 0.0182. The van der Waals surface area contributed by atoms with Crippen molar-refractivity contribution in [2.24, 2.45) is 5.73 Å². The number of aryl methyl sites for hydroxylation is 1. The molecule has 6 nitrogen and oxygen atoms in total. The van der Waals surface area contributed by atoms with Crippen LogP contribution >= 0.6 is 0 Å². The molecule has 1 amide bonds. The van der Waals surface area contributed by atoms with Crippen LogP contribution < -0.4 is 10.6 Å². The molecule has 0 unspecified atom stereocenters. The van der Waals surface area contributed by atoms with Crippen LogP contribution in [-0.4, -0.2) is 34.6 Å². The summed E-state index contributed by atoms with van der Waals surface area (Å²) in [6.07, 6.45) is 3.62. The van der Waals surface area contributed by atoms with Gasteiger partial charge in [-0.05, 0) is 31.4 Å². The Morgan fingerprint density at radius 3 is 2.74 bits per heavy atom. The second-order valence-electron chi connectivity index (χ2n) is 4.76. The molecule has 19 heavy (non-hydrogen) atoms. The maximum atomic E-state index is 11.6. The minimum atomic E-state index is -0.862. The molecule has 2 rings (SSSR count). The first-order valence-electron chi connectivity index (χ1n) is 6.24. The van der Waals surface area contributed by atoms with Gasteiger partial charge >= 0.3 is 5.97 Å². The largest absolute Gasteiger partial charge is 0.481 e. The van der Waals surface area contributed by atoms with Gasteiger partial charge in [-0.15, -0.1) is 0 Å². The average Bonchev–Trinajstić information content (AvgIpc) is 3.12. The number of hydrogen-bond donors (Lipinski definition) is 2. The van der Waals surface area contributed by atoms with Crippen molar-refractivity contribution in [1.29, 1.82) is 0 Å². The van der Waals surface area contributed by atoms with Crippen molar-refractivity contribution >= 4 is 17.7 Å². The summed E-state index contributed by atoms with van der Waals surface area (Å²) in [5, 5.41) is 8.81. The van der Waals surface area contributed by atoms with E-state index in [0.29, 0.717) is 17.9 Å². The summed E-state index contributed by atoms with van der Waals surface area (Å²) < 4.78 is 0. The molecule has 1 aliphatic carbocycles. The molecule has 0 aromatic carbocycles. The predicted octanol–water partition coefficient (Wildman–Crippen LogP) is 0.932. The predicted molar refractivity (Wildman–Crippen MR) is 70.1 cm³/mol. The maximum Gasteiger partial charge on any atom is 0.305 e. The van der Waals surface area contributed by atoms with E-state index in [-0.39, 0.29) is 12.5 Å². The van der Waals surface area contributed by atoms with Crippen LogP contribution in [0, 0.1) is 6.92 Å². The van der Waals surface area contributed by atoms with Crippen molar-refractivity contribution < 1.29 is 14.7 Å². The number of carbonyl (C=O) groups excluding carboxylic acids is 1. The van der Waals surface area contributed by atoms with Crippen LogP contribution in [0.3, 0.4) is 0 Å². The summed E-state index contributed by atoms with van der Waals surface area (Å²) in [5.74, 6) is -0.878. The molecule has 3 N–H and O–H groups in total. The highest BCUT2D eigenvalue weighted by molar-refractivity contribution is 5.99. The van der Waals surface area contributed by atoms with Crippen LogP contribution in [0.5, 0.6) is 0 Å². The molecule has 0 atom stereocenters. The quantitative estimate of drug-likeness (QED) is 0.796. The fraction of sp³-hybridized carbons (Fsp3) is 0.462. The number of primary amides is 1. The van der Waals surface area contributed by atoms with Gasteiger partial charge in [-0.2, -0.15) is 0 Å². The normalized spacial score (nSPS) is 14.2. The Morgan fingerprint density at radius 1 is 1.53 bits per heavy atom. The Bertz CT molecular complexity index is 512. The molecule has 0 bridgehead atoms. The molecule has 102 valence electrons. The van der Waals surface area contributed by atoms with Gasteiger partial charge in [-0.1, -0.05) is 0 Å². The van der Waals surface area contributed by atoms with Crippen LogP contribution in [0.1, 0.15) is 35.2 Å². The Hall–Kier alpha value is -2.11. The number of carboxylic acids is 1. The molecule has 1 aromatic heterocycles. The number of nitrogens with two attached hydrogens (primary N) is 1. The number of anilines is 1. The zero-order chi connectivity index (χ0) is 14.0. The molecule has 0 radical (unpaired) electrons. The lowest BCUT2D eigenvalue weighted by Crippen LogP contribution is -2.32. The first-order valence-corrected chi connectivity index (χ1v) is 6.24. The number of rotatable bonds is 6. The van der Waals surface area contributed by atoms with Crippen molar-refractivity contribution in [1.82, 2.24) is 4.98 Å². The number of hydrogen-bond acceptors (Lipinski definition) is 4. The van der Waals surface area contributed by atoms with E-state index in [0.717, 1.165) is 18.4 Å². The monoisotopic (exact) mass is 263 g/mol. The van der Waals surface area contributed by atoms with E-state index in [1.54, 1.807) is 19.2 Å². The van der Waals surface area contributed by atoms with Gasteiger partial charge in [0.25, 0.3) is 5.91 Å². The second-order valence-corrected chi connectivity index (χ2v) is 4.76. The SMILES string of the molecule is Cc1ccnc(N(CCC(=O)O)C2CC2)c1C(N)=O. The molecule has 6 heteroatoms. The lowest BCUT2D eigenvalue weighted by atomic mass is 10.1. The van der Waals surface area contributed by atoms with Crippen LogP contribution in [-0.2, 0) is 4.79 Å². The van der Waals surface area contributed by atoms with Gasteiger partial charge in [0.1, 0.15) is 5.82 Å². The zero-order valence-electron chi connectivity index (χ0n) is 10.8. The molecule has 1 heterocycles. The fourth-order valence-corrected chi connectivity index (χ4v) is 2.13. The Kier molecular flexibility index (Phi) is 3.69. The fourth-order valence-electron chi connectivity index (χ4n) is 2.13. The third-order valence-corrected chi connectivity index (χ3v) is 3.21. The lowest BCUT2D eigenvalue weighted by Gasteiger charge is -2.25. The second kappa shape index (κ2) is 5.26. The molecule has 1 aromatic rings. The molecule has 1 fully saturated rings. The topological polar surface area (TPSA) is 96.5 Å². The summed E-state index contributed by atoms with van der Waals surface area (Å²) in [5.41, 5.74) is 6.56. The van der Waals surface area contributed by atoms with Gasteiger partial charge in [0.15, 0.2) is 0 Å². The van der Waals surface area contributed by atoms with Crippen molar-refractivity contribution in [3.05, 3.63) is 23.4 Å². The zero-order valence-corrected chi connectivity index (χ0v) is 10.8. The number of amides is 1. The Balaban J connectivity index is 2.33. The van der Waals surface area contributed by atoms with E-state index < -0.39 is 11.9 Å². The highest BCUT2D eigenvalue weighted by atomic mass is 16.4. The van der Waals surface area contributed by atoms with E-state index in [1.807, 2.05) is 4.90 Å². The van der Waals surface area contributed by atoms with E-state index in [2.05, 4.69) is 4.98 Å². The highest BCUT2D eigenvalue weighted by Gasteiger charge is 2.32. The summed E-state index contributed by atoms with van der Waals surface area (Å²) in [7, 11) is 0. The Morgan fingerprint density at radius 2 is 2.21 bits per heavy atom. The summed E-state index contributed by atoms with van der Waals surface area (Å²) in [6.45, 7) is 2.14. The molecular weight excluding hydrogens is 246 g/mol. The molecule has 0 spiro atoms. The maximum absolute atomic E-state index is 11.6. The smallest absolute Gasteiger partial charge is 0.305 e. The first kappa shape index (κ1) is 13.3. The van der Waals surface area contributed by atoms with E-state index >= 15 is 0 Å². The van der Waals surface area contributed by atoms with Gasteiger partial charge in [0.05, 0.1) is 12.0 Å². The van der Waals surface area contributed by atoms with E-state index in [1.165, 1.54) is 0 Å². The molecule has 0 saturated heterocycles. The van der Waals surface area contributed by atoms with Crippen molar-refractivity contribution in [3.8, 4) is 0 Å². The lowest BCUT2D eigenvalue weighted by molar-refractivity contribution is -0.136. The molecule has 1 aliphatic rings. The van der Waals surface area contributed by atoms with E-state index in [4.69, 9.17) is 10.8 Å². The van der Waals surface area contributed by atoms with Crippen molar-refractivity contribution in [3.63, 3.8) is 0 Å².